The largest absolute Gasteiger partial charge is 0.382 e. The van der Waals surface area contributed by atoms with Crippen LogP contribution < -0.4 is 5.56 Å². The average Bonchev–Trinajstić information content (AvgIpc) is 3.30. The predicted octanol–water partition coefficient (Wildman–Crippen LogP) is 2.99. The summed E-state index contributed by atoms with van der Waals surface area (Å²) in [4.78, 5) is 20.6. The van der Waals surface area contributed by atoms with Gasteiger partial charge < -0.3 is 5.11 Å². The minimum atomic E-state index is -2.13. The highest BCUT2D eigenvalue weighted by molar-refractivity contribution is 5.30. The first-order valence-corrected chi connectivity index (χ1v) is 10.1. The fourth-order valence-corrected chi connectivity index (χ4v) is 3.75. The monoisotopic (exact) mass is 455 g/mol. The molecule has 0 aliphatic heterocycles. The zero-order valence-corrected chi connectivity index (χ0v) is 17.6. The summed E-state index contributed by atoms with van der Waals surface area (Å²) in [7, 11) is 0. The molecule has 170 valence electrons. The molecule has 7 nitrogen and oxygen atoms in total. The van der Waals surface area contributed by atoms with E-state index in [1.54, 1.807) is 24.3 Å². The molecule has 4 rings (SSSR count). The molecule has 2 aromatic carbocycles. The molecule has 2 atom stereocenters. The van der Waals surface area contributed by atoms with Crippen LogP contribution in [-0.4, -0.2) is 29.4 Å². The fourth-order valence-electron chi connectivity index (χ4n) is 3.75. The molecule has 0 saturated carbocycles. The number of halogens is 3. The van der Waals surface area contributed by atoms with E-state index in [2.05, 4.69) is 15.1 Å². The van der Waals surface area contributed by atoms with E-state index in [0.29, 0.717) is 6.07 Å². The fraction of sp³-hybridized carbons (Fsp3) is 0.217. The number of rotatable bonds is 7. The lowest BCUT2D eigenvalue weighted by molar-refractivity contribution is -0.0135. The van der Waals surface area contributed by atoms with Gasteiger partial charge >= 0.3 is 0 Å². The molecule has 0 aliphatic carbocycles. The summed E-state index contributed by atoms with van der Waals surface area (Å²) < 4.78 is 45.8. The smallest absolute Gasteiger partial charge is 0.289 e. The average molecular weight is 455 g/mol. The highest BCUT2D eigenvalue weighted by Gasteiger charge is 2.42. The van der Waals surface area contributed by atoms with Crippen molar-refractivity contribution in [3.8, 4) is 0 Å². The van der Waals surface area contributed by atoms with Crippen molar-refractivity contribution in [3.63, 3.8) is 0 Å². The Morgan fingerprint density at radius 1 is 1.09 bits per heavy atom. The molecule has 33 heavy (non-hydrogen) atoms. The van der Waals surface area contributed by atoms with E-state index in [4.69, 9.17) is 0 Å². The van der Waals surface area contributed by atoms with Gasteiger partial charge in [0.1, 0.15) is 29.9 Å². The van der Waals surface area contributed by atoms with Gasteiger partial charge in [0, 0.05) is 17.5 Å². The molecule has 0 amide bonds. The van der Waals surface area contributed by atoms with E-state index in [0.717, 1.165) is 22.3 Å². The lowest BCUT2D eigenvalue weighted by atomic mass is 9.79. The Balaban J connectivity index is 1.76. The maximum Gasteiger partial charge on any atom is 0.289 e. The molecular weight excluding hydrogens is 435 g/mol. The zero-order chi connectivity index (χ0) is 23.6. The van der Waals surface area contributed by atoms with Crippen molar-refractivity contribution in [3.05, 3.63) is 112 Å². The second-order valence-corrected chi connectivity index (χ2v) is 7.73. The van der Waals surface area contributed by atoms with Crippen molar-refractivity contribution in [2.75, 3.05) is 0 Å². The Kier molecular flexibility index (Phi) is 6.10. The highest BCUT2D eigenvalue weighted by Crippen LogP contribution is 2.39. The normalized spacial score (nSPS) is 14.1. The molecule has 1 N–H and O–H groups in total. The Labute approximate surface area is 186 Å². The van der Waals surface area contributed by atoms with Crippen LogP contribution in [0.25, 0.3) is 0 Å². The first-order valence-electron chi connectivity index (χ1n) is 10.1. The van der Waals surface area contributed by atoms with E-state index in [1.807, 2.05) is 6.07 Å². The molecule has 4 aromatic rings. The maximum atomic E-state index is 15.2. The first kappa shape index (κ1) is 22.4. The Morgan fingerprint density at radius 2 is 1.85 bits per heavy atom. The standard InChI is InChI=1S/C23H20F3N5O2/c1-15(21-20(26)22(32)30(14-28-21)10-16-5-3-2-4-6-16)23(33,11-31-13-27-12-29-31)18-8-7-17(24)9-19(18)25/h2-9,12-15,33H,10-11H2,1H3/t15-,23+/m0/s1. The summed E-state index contributed by atoms with van der Waals surface area (Å²) in [5, 5.41) is 15.5. The summed E-state index contributed by atoms with van der Waals surface area (Å²) in [6, 6.07) is 11.7. The maximum absolute atomic E-state index is 15.2. The van der Waals surface area contributed by atoms with Gasteiger partial charge in [-0.3, -0.25) is 9.36 Å². The van der Waals surface area contributed by atoms with Crippen LogP contribution in [0.1, 0.15) is 29.7 Å². The Bertz CT molecular complexity index is 1310. The highest BCUT2D eigenvalue weighted by atomic mass is 19.1. The molecule has 0 aliphatic rings. The second-order valence-electron chi connectivity index (χ2n) is 7.73. The van der Waals surface area contributed by atoms with Crippen molar-refractivity contribution in [1.29, 1.82) is 0 Å². The van der Waals surface area contributed by atoms with E-state index < -0.39 is 34.5 Å². The molecule has 0 fully saturated rings. The van der Waals surface area contributed by atoms with Crippen LogP contribution in [0, 0.1) is 17.5 Å². The van der Waals surface area contributed by atoms with Gasteiger partial charge in [0.15, 0.2) is 0 Å². The van der Waals surface area contributed by atoms with Gasteiger partial charge in [0.2, 0.25) is 5.82 Å². The summed E-state index contributed by atoms with van der Waals surface area (Å²) in [6.07, 6.45) is 3.69. The molecule has 0 radical (unpaired) electrons. The van der Waals surface area contributed by atoms with Crippen LogP contribution in [-0.2, 0) is 18.7 Å². The Morgan fingerprint density at radius 3 is 2.52 bits per heavy atom. The van der Waals surface area contributed by atoms with Crippen LogP contribution in [0.3, 0.4) is 0 Å². The minimum absolute atomic E-state index is 0.105. The predicted molar refractivity (Wildman–Crippen MR) is 113 cm³/mol. The first-order chi connectivity index (χ1) is 15.8. The van der Waals surface area contributed by atoms with Crippen LogP contribution in [0.5, 0.6) is 0 Å². The van der Waals surface area contributed by atoms with Gasteiger partial charge in [-0.1, -0.05) is 43.3 Å². The summed E-state index contributed by atoms with van der Waals surface area (Å²) >= 11 is 0. The minimum Gasteiger partial charge on any atom is -0.382 e. The van der Waals surface area contributed by atoms with Crippen molar-refractivity contribution in [2.24, 2.45) is 0 Å². The quantitative estimate of drug-likeness (QED) is 0.463. The van der Waals surface area contributed by atoms with Gasteiger partial charge in [-0.25, -0.2) is 23.4 Å². The number of benzene rings is 2. The summed E-state index contributed by atoms with van der Waals surface area (Å²) in [5.74, 6) is -4.23. The van der Waals surface area contributed by atoms with E-state index in [-0.39, 0.29) is 24.3 Å². The van der Waals surface area contributed by atoms with E-state index >= 15 is 4.39 Å². The zero-order valence-electron chi connectivity index (χ0n) is 17.6. The topological polar surface area (TPSA) is 85.8 Å². The SMILES string of the molecule is C[C@@H](c1ncn(Cc2ccccc2)c(=O)c1F)[C@](O)(Cn1cncn1)c1ccc(F)cc1F. The van der Waals surface area contributed by atoms with Crippen molar-refractivity contribution >= 4 is 0 Å². The molecular formula is C23H20F3N5O2. The Hall–Kier alpha value is -3.79. The number of aliphatic hydroxyl groups is 1. The number of nitrogens with zero attached hydrogens (tertiary/aromatic N) is 5. The number of aromatic nitrogens is 5. The third kappa shape index (κ3) is 4.42. The van der Waals surface area contributed by atoms with Crippen molar-refractivity contribution in [1.82, 2.24) is 24.3 Å². The van der Waals surface area contributed by atoms with Crippen LogP contribution >= 0.6 is 0 Å². The van der Waals surface area contributed by atoms with Crippen LogP contribution in [0.4, 0.5) is 13.2 Å². The number of hydrogen-bond donors (Lipinski definition) is 1. The van der Waals surface area contributed by atoms with Gasteiger partial charge in [-0.05, 0) is 11.6 Å². The summed E-state index contributed by atoms with van der Waals surface area (Å²) in [6.45, 7) is 1.17. The summed E-state index contributed by atoms with van der Waals surface area (Å²) in [5.41, 5.74) is -2.93. The van der Waals surface area contributed by atoms with Crippen molar-refractivity contribution in [2.45, 2.75) is 31.5 Å². The molecule has 0 saturated heterocycles. The van der Waals surface area contributed by atoms with Gasteiger partial charge in [0.05, 0.1) is 25.1 Å². The van der Waals surface area contributed by atoms with Crippen LogP contribution in [0.2, 0.25) is 0 Å². The van der Waals surface area contributed by atoms with E-state index in [1.165, 1.54) is 30.6 Å². The lowest BCUT2D eigenvalue weighted by Crippen LogP contribution is -2.40. The number of hydrogen-bond acceptors (Lipinski definition) is 5. The third-order valence-electron chi connectivity index (χ3n) is 5.60. The van der Waals surface area contributed by atoms with Gasteiger partial charge in [-0.2, -0.15) is 9.49 Å². The second kappa shape index (κ2) is 8.99. The van der Waals surface area contributed by atoms with Crippen LogP contribution in [0.15, 0.2) is 72.3 Å². The molecule has 2 heterocycles. The van der Waals surface area contributed by atoms with Gasteiger partial charge in [-0.15, -0.1) is 0 Å². The molecule has 0 unspecified atom stereocenters. The van der Waals surface area contributed by atoms with Crippen molar-refractivity contribution < 1.29 is 18.3 Å². The van der Waals surface area contributed by atoms with E-state index in [9.17, 15) is 18.7 Å². The molecule has 0 bridgehead atoms. The lowest BCUT2D eigenvalue weighted by Gasteiger charge is -2.34. The molecule has 10 heteroatoms. The molecule has 2 aromatic heterocycles. The molecule has 0 spiro atoms. The van der Waals surface area contributed by atoms with Gasteiger partial charge in [0.25, 0.3) is 5.56 Å². The third-order valence-corrected chi connectivity index (χ3v) is 5.60.